The number of aliphatic hydroxyl groups excluding tert-OH is 1. The van der Waals surface area contributed by atoms with Crippen molar-refractivity contribution in [3.05, 3.63) is 65.7 Å². The molecule has 2 aliphatic heterocycles. The minimum Gasteiger partial charge on any atom is -0.497 e. The minimum absolute atomic E-state index is 0.0678. The van der Waals surface area contributed by atoms with Crippen LogP contribution in [-0.4, -0.2) is 66.4 Å². The highest BCUT2D eigenvalue weighted by atomic mass is 16.5. The molecule has 0 saturated carbocycles. The molecule has 2 heterocycles. The van der Waals surface area contributed by atoms with E-state index in [1.54, 1.807) is 7.11 Å². The average Bonchev–Trinajstić information content (AvgIpc) is 3.39. The zero-order chi connectivity index (χ0) is 23.5. The number of hydrogen-bond donors (Lipinski definition) is 2. The maximum atomic E-state index is 13.2. The van der Waals surface area contributed by atoms with Gasteiger partial charge in [0.1, 0.15) is 5.75 Å². The second-order valence-electron chi connectivity index (χ2n) is 9.64. The number of anilines is 1. The van der Waals surface area contributed by atoms with Crippen LogP contribution in [0.5, 0.6) is 5.75 Å². The largest absolute Gasteiger partial charge is 0.497 e. The topological polar surface area (TPSA) is 65.0 Å². The van der Waals surface area contributed by atoms with Crippen molar-refractivity contribution in [2.75, 3.05) is 38.7 Å². The Bertz CT molecular complexity index is 1020. The van der Waals surface area contributed by atoms with Gasteiger partial charge in [-0.2, -0.15) is 0 Å². The summed E-state index contributed by atoms with van der Waals surface area (Å²) >= 11 is 0. The fourth-order valence-electron chi connectivity index (χ4n) is 5.85. The van der Waals surface area contributed by atoms with Crippen molar-refractivity contribution < 1.29 is 14.6 Å². The molecule has 180 valence electrons. The van der Waals surface area contributed by atoms with Crippen LogP contribution in [0.4, 0.5) is 10.5 Å². The Kier molecular flexibility index (Phi) is 6.88. The van der Waals surface area contributed by atoms with E-state index in [1.807, 2.05) is 29.2 Å². The van der Waals surface area contributed by atoms with Crippen molar-refractivity contribution in [3.8, 4) is 5.75 Å². The molecule has 2 amide bonds. The third-order valence-electron chi connectivity index (χ3n) is 7.71. The number of hydrogen-bond acceptors (Lipinski definition) is 4. The van der Waals surface area contributed by atoms with Crippen LogP contribution in [0.25, 0.3) is 5.57 Å². The molecule has 2 aromatic rings. The summed E-state index contributed by atoms with van der Waals surface area (Å²) in [4.78, 5) is 17.5. The van der Waals surface area contributed by atoms with Gasteiger partial charge in [0.2, 0.25) is 0 Å². The molecule has 3 aliphatic rings. The van der Waals surface area contributed by atoms with E-state index in [1.165, 1.54) is 29.5 Å². The van der Waals surface area contributed by atoms with E-state index < -0.39 is 0 Å². The predicted molar refractivity (Wildman–Crippen MR) is 135 cm³/mol. The molecule has 5 rings (SSSR count). The average molecular weight is 462 g/mol. The Hall–Kier alpha value is -2.83. The van der Waals surface area contributed by atoms with Gasteiger partial charge < -0.3 is 20.1 Å². The molecule has 0 aromatic heterocycles. The molecule has 3 atom stereocenters. The fraction of sp³-hybridized carbons (Fsp3) is 0.464. The Morgan fingerprint density at radius 3 is 2.50 bits per heavy atom. The SMILES string of the molecule is COc1ccc(NC(=O)N2CCCCN3[C@@H](CO)[C@@H](c4ccc(C5=CCCC5)cc4)[C@@H]3C2)cc1. The van der Waals surface area contributed by atoms with Crippen LogP contribution in [0.3, 0.4) is 0 Å². The Morgan fingerprint density at radius 1 is 1.06 bits per heavy atom. The highest BCUT2D eigenvalue weighted by Gasteiger charge is 2.49. The lowest BCUT2D eigenvalue weighted by molar-refractivity contribution is -0.0585. The molecule has 1 aliphatic carbocycles. The smallest absolute Gasteiger partial charge is 0.321 e. The zero-order valence-corrected chi connectivity index (χ0v) is 20.0. The number of amides is 2. The maximum Gasteiger partial charge on any atom is 0.321 e. The quantitative estimate of drug-likeness (QED) is 0.676. The van der Waals surface area contributed by atoms with Gasteiger partial charge in [0.15, 0.2) is 0 Å². The summed E-state index contributed by atoms with van der Waals surface area (Å²) in [7, 11) is 1.63. The number of nitrogens with zero attached hydrogens (tertiary/aromatic N) is 2. The van der Waals surface area contributed by atoms with Gasteiger partial charge in [0.25, 0.3) is 0 Å². The summed E-state index contributed by atoms with van der Waals surface area (Å²) in [5, 5.41) is 13.3. The molecule has 0 spiro atoms. The zero-order valence-electron chi connectivity index (χ0n) is 20.0. The molecule has 6 nitrogen and oxygen atoms in total. The second kappa shape index (κ2) is 10.2. The lowest BCUT2D eigenvalue weighted by atomic mass is 9.74. The van der Waals surface area contributed by atoms with Crippen LogP contribution >= 0.6 is 0 Å². The Labute approximate surface area is 202 Å². The van der Waals surface area contributed by atoms with Crippen LogP contribution < -0.4 is 10.1 Å². The first kappa shape index (κ1) is 22.9. The van der Waals surface area contributed by atoms with Crippen LogP contribution in [0.15, 0.2) is 54.6 Å². The molecule has 0 bridgehead atoms. The van der Waals surface area contributed by atoms with Crippen LogP contribution in [0, 0.1) is 0 Å². The van der Waals surface area contributed by atoms with Crippen molar-refractivity contribution in [2.45, 2.75) is 50.1 Å². The number of allylic oxidation sites excluding steroid dienone is 2. The molecule has 2 saturated heterocycles. The van der Waals surface area contributed by atoms with Crippen molar-refractivity contribution >= 4 is 17.3 Å². The third kappa shape index (κ3) is 4.57. The van der Waals surface area contributed by atoms with E-state index >= 15 is 0 Å². The molecular weight excluding hydrogens is 426 g/mol. The molecule has 2 aromatic carbocycles. The number of methoxy groups -OCH3 is 1. The Morgan fingerprint density at radius 2 is 1.82 bits per heavy atom. The number of carbonyl (C=O) groups is 1. The molecule has 2 N–H and O–H groups in total. The van der Waals surface area contributed by atoms with Crippen LogP contribution in [-0.2, 0) is 0 Å². The number of rotatable bonds is 5. The highest BCUT2D eigenvalue weighted by Crippen LogP contribution is 2.42. The summed E-state index contributed by atoms with van der Waals surface area (Å²) in [6, 6.07) is 16.6. The van der Waals surface area contributed by atoms with Gasteiger partial charge in [0.05, 0.1) is 13.7 Å². The number of aliphatic hydroxyl groups is 1. The fourth-order valence-corrected chi connectivity index (χ4v) is 5.85. The standard InChI is InChI=1S/C28H35N3O3/c1-34-24-14-12-23(13-15-24)29-28(33)30-16-4-5-17-31-25(18-30)27(26(31)19-32)22-10-8-21(9-11-22)20-6-2-3-7-20/h6,8-15,25-27,32H,2-5,7,16-19H2,1H3,(H,29,33)/t25-,26-,27-/m0/s1. The molecule has 6 heteroatoms. The normalized spacial score (nSPS) is 24.9. The van der Waals surface area contributed by atoms with Gasteiger partial charge in [-0.15, -0.1) is 0 Å². The lowest BCUT2D eigenvalue weighted by Gasteiger charge is -2.57. The summed E-state index contributed by atoms with van der Waals surface area (Å²) in [6.45, 7) is 2.53. The summed E-state index contributed by atoms with van der Waals surface area (Å²) in [5.74, 6) is 0.994. The summed E-state index contributed by atoms with van der Waals surface area (Å²) < 4.78 is 5.21. The number of ether oxygens (including phenoxy) is 1. The molecular formula is C28H35N3O3. The molecule has 34 heavy (non-hydrogen) atoms. The summed E-state index contributed by atoms with van der Waals surface area (Å²) in [5.41, 5.74) is 4.79. The lowest BCUT2D eigenvalue weighted by Crippen LogP contribution is -2.68. The first-order chi connectivity index (χ1) is 16.7. The van der Waals surface area contributed by atoms with E-state index in [0.717, 1.165) is 43.8 Å². The van der Waals surface area contributed by atoms with E-state index in [9.17, 15) is 9.90 Å². The van der Waals surface area contributed by atoms with Crippen molar-refractivity contribution in [3.63, 3.8) is 0 Å². The van der Waals surface area contributed by atoms with Gasteiger partial charge in [-0.1, -0.05) is 30.3 Å². The highest BCUT2D eigenvalue weighted by molar-refractivity contribution is 5.89. The van der Waals surface area contributed by atoms with E-state index in [-0.39, 0.29) is 30.6 Å². The van der Waals surface area contributed by atoms with Gasteiger partial charge in [-0.25, -0.2) is 4.79 Å². The van der Waals surface area contributed by atoms with E-state index in [0.29, 0.717) is 6.54 Å². The molecule has 0 unspecified atom stereocenters. The number of carbonyl (C=O) groups excluding carboxylic acids is 1. The van der Waals surface area contributed by atoms with Crippen molar-refractivity contribution in [1.82, 2.24) is 9.80 Å². The van der Waals surface area contributed by atoms with Gasteiger partial charge >= 0.3 is 6.03 Å². The number of fused-ring (bicyclic) bond motifs is 1. The van der Waals surface area contributed by atoms with Gasteiger partial charge in [-0.05, 0) is 79.6 Å². The number of benzene rings is 2. The van der Waals surface area contributed by atoms with Crippen molar-refractivity contribution in [1.29, 1.82) is 0 Å². The van der Waals surface area contributed by atoms with Gasteiger partial charge in [-0.3, -0.25) is 4.90 Å². The summed E-state index contributed by atoms with van der Waals surface area (Å²) in [6.07, 6.45) is 7.93. The van der Waals surface area contributed by atoms with Gasteiger partial charge in [0, 0.05) is 36.8 Å². The van der Waals surface area contributed by atoms with Crippen molar-refractivity contribution in [2.24, 2.45) is 0 Å². The minimum atomic E-state index is -0.0678. The first-order valence-corrected chi connectivity index (χ1v) is 12.5. The first-order valence-electron chi connectivity index (χ1n) is 12.5. The molecule has 2 fully saturated rings. The Balaban J connectivity index is 1.31. The van der Waals surface area contributed by atoms with E-state index in [2.05, 4.69) is 40.6 Å². The van der Waals surface area contributed by atoms with Crippen LogP contribution in [0.2, 0.25) is 0 Å². The maximum absolute atomic E-state index is 13.2. The second-order valence-corrected chi connectivity index (χ2v) is 9.64. The third-order valence-corrected chi connectivity index (χ3v) is 7.71. The predicted octanol–water partition coefficient (Wildman–Crippen LogP) is 4.72. The number of nitrogens with one attached hydrogen (secondary N) is 1. The van der Waals surface area contributed by atoms with E-state index in [4.69, 9.17) is 4.74 Å². The number of urea groups is 1. The molecule has 0 radical (unpaired) electrons. The monoisotopic (exact) mass is 461 g/mol. The van der Waals surface area contributed by atoms with Crippen LogP contribution in [0.1, 0.15) is 49.1 Å².